The Bertz CT molecular complexity index is 591. The number of amides is 1. The van der Waals surface area contributed by atoms with Crippen LogP contribution >= 0.6 is 0 Å². The van der Waals surface area contributed by atoms with Crippen molar-refractivity contribution in [1.82, 2.24) is 15.0 Å². The summed E-state index contributed by atoms with van der Waals surface area (Å²) in [7, 11) is 1.78. The second-order valence-corrected chi connectivity index (χ2v) is 5.86. The van der Waals surface area contributed by atoms with Gasteiger partial charge in [-0.05, 0) is 24.1 Å². The van der Waals surface area contributed by atoms with Crippen molar-refractivity contribution in [2.45, 2.75) is 13.8 Å². The Morgan fingerprint density at radius 2 is 2.00 bits per heavy atom. The lowest BCUT2D eigenvalue weighted by atomic mass is 9.93. The van der Waals surface area contributed by atoms with Crippen LogP contribution in [0.15, 0.2) is 35.2 Å². The largest absolute Gasteiger partial charge is 0.342 e. The van der Waals surface area contributed by atoms with Crippen LogP contribution in [0.25, 0.3) is 11.4 Å². The number of nitrogens with two attached hydrogens (primary N) is 1. The van der Waals surface area contributed by atoms with Gasteiger partial charge < -0.3 is 15.2 Å². The molecule has 2 rings (SSSR count). The zero-order chi connectivity index (χ0) is 15.5. The summed E-state index contributed by atoms with van der Waals surface area (Å²) < 4.78 is 4.70. The third-order valence-electron chi connectivity index (χ3n) is 3.32. The van der Waals surface area contributed by atoms with Crippen LogP contribution in [0, 0.1) is 5.41 Å². The third-order valence-corrected chi connectivity index (χ3v) is 3.32. The van der Waals surface area contributed by atoms with E-state index in [4.69, 9.17) is 10.3 Å². The summed E-state index contributed by atoms with van der Waals surface area (Å²) in [6.07, 6.45) is 1.27. The molecule has 0 radical (unpaired) electrons. The maximum atomic E-state index is 12.4. The molecular formula is C15H20N4O2. The number of carbonyl (C=O) groups excluding carboxylic acids is 1. The van der Waals surface area contributed by atoms with E-state index in [2.05, 4.69) is 10.1 Å². The fourth-order valence-corrected chi connectivity index (χ4v) is 2.06. The maximum absolute atomic E-state index is 12.4. The van der Waals surface area contributed by atoms with Crippen LogP contribution in [0.3, 0.4) is 0 Å². The van der Waals surface area contributed by atoms with E-state index in [1.807, 2.05) is 13.8 Å². The first-order valence-corrected chi connectivity index (χ1v) is 6.75. The minimum atomic E-state index is -0.102. The second kappa shape index (κ2) is 6.05. The van der Waals surface area contributed by atoms with Crippen LogP contribution in [-0.2, 0) is 0 Å². The highest BCUT2D eigenvalue weighted by molar-refractivity contribution is 5.94. The number of carbonyl (C=O) groups is 1. The zero-order valence-corrected chi connectivity index (χ0v) is 12.5. The lowest BCUT2D eigenvalue weighted by molar-refractivity contribution is 0.0740. The Labute approximate surface area is 123 Å². The van der Waals surface area contributed by atoms with Crippen LogP contribution in [0.1, 0.15) is 24.2 Å². The van der Waals surface area contributed by atoms with E-state index < -0.39 is 0 Å². The zero-order valence-electron chi connectivity index (χ0n) is 12.5. The van der Waals surface area contributed by atoms with E-state index in [1.54, 1.807) is 36.2 Å². The first kappa shape index (κ1) is 15.2. The summed E-state index contributed by atoms with van der Waals surface area (Å²) in [4.78, 5) is 18.0. The molecule has 0 aliphatic heterocycles. The summed E-state index contributed by atoms with van der Waals surface area (Å²) in [6.45, 7) is 5.21. The van der Waals surface area contributed by atoms with Gasteiger partial charge in [-0.3, -0.25) is 4.79 Å². The average molecular weight is 288 g/mol. The fourth-order valence-electron chi connectivity index (χ4n) is 2.06. The molecule has 6 heteroatoms. The molecule has 21 heavy (non-hydrogen) atoms. The van der Waals surface area contributed by atoms with Gasteiger partial charge in [0.2, 0.25) is 12.2 Å². The number of hydrogen-bond acceptors (Lipinski definition) is 5. The van der Waals surface area contributed by atoms with Gasteiger partial charge in [0.25, 0.3) is 5.91 Å². The molecule has 0 unspecified atom stereocenters. The van der Waals surface area contributed by atoms with Crippen LogP contribution in [-0.4, -0.2) is 41.1 Å². The van der Waals surface area contributed by atoms with Crippen LogP contribution in [0.4, 0.5) is 0 Å². The number of nitrogens with zero attached hydrogens (tertiary/aromatic N) is 3. The van der Waals surface area contributed by atoms with Crippen LogP contribution in [0.5, 0.6) is 0 Å². The molecule has 1 heterocycles. The van der Waals surface area contributed by atoms with Gasteiger partial charge in [0.05, 0.1) is 0 Å². The molecule has 0 saturated carbocycles. The van der Waals surface area contributed by atoms with E-state index in [-0.39, 0.29) is 11.3 Å². The van der Waals surface area contributed by atoms with Gasteiger partial charge >= 0.3 is 0 Å². The minimum absolute atomic E-state index is 0.0313. The molecule has 0 aliphatic rings. The van der Waals surface area contributed by atoms with Crippen LogP contribution in [0.2, 0.25) is 0 Å². The fraction of sp³-hybridized carbons (Fsp3) is 0.400. The number of benzene rings is 1. The van der Waals surface area contributed by atoms with Crippen molar-refractivity contribution in [2.24, 2.45) is 11.1 Å². The monoisotopic (exact) mass is 288 g/mol. The van der Waals surface area contributed by atoms with E-state index >= 15 is 0 Å². The van der Waals surface area contributed by atoms with E-state index in [1.165, 1.54) is 6.39 Å². The molecule has 1 amide bonds. The SMILES string of the molecule is CN(CC(C)(C)CN)C(=O)c1ccc(-c2ncon2)cc1. The molecule has 0 bridgehead atoms. The molecular weight excluding hydrogens is 268 g/mol. The highest BCUT2D eigenvalue weighted by atomic mass is 16.5. The van der Waals surface area contributed by atoms with Gasteiger partial charge in [0.15, 0.2) is 0 Å². The standard InChI is InChI=1S/C15H20N4O2/c1-15(2,8-16)9-19(3)14(20)12-6-4-11(5-7-12)13-17-10-21-18-13/h4-7,10H,8-9,16H2,1-3H3. The molecule has 0 spiro atoms. The van der Waals surface area contributed by atoms with Gasteiger partial charge in [-0.15, -0.1) is 0 Å². The molecule has 0 fully saturated rings. The molecule has 2 aromatic rings. The topological polar surface area (TPSA) is 85.2 Å². The van der Waals surface area contributed by atoms with Gasteiger partial charge in [0.1, 0.15) is 0 Å². The van der Waals surface area contributed by atoms with Crippen LogP contribution < -0.4 is 5.73 Å². The average Bonchev–Trinajstić information content (AvgIpc) is 3.00. The van der Waals surface area contributed by atoms with Gasteiger partial charge in [-0.2, -0.15) is 4.98 Å². The highest BCUT2D eigenvalue weighted by Crippen LogP contribution is 2.18. The maximum Gasteiger partial charge on any atom is 0.253 e. The summed E-state index contributed by atoms with van der Waals surface area (Å²) in [5.41, 5.74) is 7.04. The summed E-state index contributed by atoms with van der Waals surface area (Å²) in [5.74, 6) is 0.475. The summed E-state index contributed by atoms with van der Waals surface area (Å²) in [6, 6.07) is 7.14. The summed E-state index contributed by atoms with van der Waals surface area (Å²) in [5, 5.41) is 3.76. The Hall–Kier alpha value is -2.21. The Balaban J connectivity index is 2.09. The first-order chi connectivity index (χ1) is 9.93. The smallest absolute Gasteiger partial charge is 0.253 e. The van der Waals surface area contributed by atoms with Crippen molar-refractivity contribution in [3.63, 3.8) is 0 Å². The number of hydrogen-bond donors (Lipinski definition) is 1. The minimum Gasteiger partial charge on any atom is -0.342 e. The molecule has 6 nitrogen and oxygen atoms in total. The molecule has 0 saturated heterocycles. The van der Waals surface area contributed by atoms with Crippen molar-refractivity contribution in [2.75, 3.05) is 20.1 Å². The molecule has 1 aromatic heterocycles. The number of rotatable bonds is 5. The lowest BCUT2D eigenvalue weighted by Gasteiger charge is -2.29. The van der Waals surface area contributed by atoms with E-state index in [9.17, 15) is 4.79 Å². The molecule has 1 aromatic carbocycles. The van der Waals surface area contributed by atoms with Crippen molar-refractivity contribution in [3.05, 3.63) is 36.2 Å². The molecule has 2 N–H and O–H groups in total. The van der Waals surface area contributed by atoms with Gasteiger partial charge in [-0.25, -0.2) is 0 Å². The van der Waals surface area contributed by atoms with Crippen molar-refractivity contribution in [1.29, 1.82) is 0 Å². The van der Waals surface area contributed by atoms with E-state index in [0.29, 0.717) is 24.5 Å². The third kappa shape index (κ3) is 3.66. The normalized spacial score (nSPS) is 11.4. The lowest BCUT2D eigenvalue weighted by Crippen LogP contribution is -2.39. The predicted octanol–water partition coefficient (Wildman–Crippen LogP) is 1.79. The highest BCUT2D eigenvalue weighted by Gasteiger charge is 2.22. The summed E-state index contributed by atoms with van der Waals surface area (Å²) >= 11 is 0. The Morgan fingerprint density at radius 1 is 1.33 bits per heavy atom. The Kier molecular flexibility index (Phi) is 4.37. The number of aromatic nitrogens is 2. The molecule has 0 aliphatic carbocycles. The van der Waals surface area contributed by atoms with Crippen molar-refractivity contribution >= 4 is 5.91 Å². The second-order valence-electron chi connectivity index (χ2n) is 5.86. The van der Waals surface area contributed by atoms with Gasteiger partial charge in [-0.1, -0.05) is 31.1 Å². The molecule has 112 valence electrons. The Morgan fingerprint density at radius 3 is 2.52 bits per heavy atom. The predicted molar refractivity (Wildman–Crippen MR) is 79.5 cm³/mol. The van der Waals surface area contributed by atoms with E-state index in [0.717, 1.165) is 5.56 Å². The molecule has 0 atom stereocenters. The van der Waals surface area contributed by atoms with Crippen molar-refractivity contribution in [3.8, 4) is 11.4 Å². The van der Waals surface area contributed by atoms with Gasteiger partial charge in [0, 0.05) is 24.7 Å². The first-order valence-electron chi connectivity index (χ1n) is 6.75. The quantitative estimate of drug-likeness (QED) is 0.906. The van der Waals surface area contributed by atoms with Crippen molar-refractivity contribution < 1.29 is 9.32 Å².